The van der Waals surface area contributed by atoms with Crippen LogP contribution in [-0.2, 0) is 6.54 Å². The van der Waals surface area contributed by atoms with Gasteiger partial charge >= 0.3 is 0 Å². The highest BCUT2D eigenvalue weighted by molar-refractivity contribution is 5.91. The maximum absolute atomic E-state index is 13.5. The Morgan fingerprint density at radius 1 is 1.43 bits per heavy atom. The van der Waals surface area contributed by atoms with Crippen molar-refractivity contribution < 1.29 is 9.18 Å². The summed E-state index contributed by atoms with van der Waals surface area (Å²) in [5, 5.41) is 10.1. The first kappa shape index (κ1) is 13.8. The molecule has 1 aliphatic rings. The summed E-state index contributed by atoms with van der Waals surface area (Å²) in [7, 11) is 1.56. The number of carbonyl (C=O) groups excluding carboxylic acids is 1. The molecule has 2 N–H and O–H groups in total. The van der Waals surface area contributed by atoms with Gasteiger partial charge in [-0.05, 0) is 42.7 Å². The first-order valence-corrected chi connectivity index (χ1v) is 6.97. The molecule has 1 amide bonds. The summed E-state index contributed by atoms with van der Waals surface area (Å²) in [6, 6.07) is 6.77. The number of benzene rings is 1. The van der Waals surface area contributed by atoms with Gasteiger partial charge in [0.25, 0.3) is 5.91 Å². The fourth-order valence-electron chi connectivity index (χ4n) is 2.17. The average Bonchev–Trinajstić information content (AvgIpc) is 3.20. The van der Waals surface area contributed by atoms with Crippen molar-refractivity contribution >= 4 is 5.91 Å². The minimum Gasteiger partial charge on any atom is -0.354 e. The molecule has 0 atom stereocenters. The lowest BCUT2D eigenvalue weighted by Gasteiger charge is -2.10. The van der Waals surface area contributed by atoms with Gasteiger partial charge in [0, 0.05) is 25.8 Å². The van der Waals surface area contributed by atoms with E-state index in [0.29, 0.717) is 18.3 Å². The Bertz CT molecular complexity index is 663. The Hall–Kier alpha value is -2.21. The fourth-order valence-corrected chi connectivity index (χ4v) is 2.17. The highest BCUT2D eigenvalue weighted by Crippen LogP contribution is 2.21. The molecule has 0 aliphatic heterocycles. The summed E-state index contributed by atoms with van der Waals surface area (Å²) >= 11 is 0. The van der Waals surface area contributed by atoms with Crippen molar-refractivity contribution in [2.75, 3.05) is 7.05 Å². The molecule has 1 aromatic carbocycles. The van der Waals surface area contributed by atoms with Gasteiger partial charge < -0.3 is 10.6 Å². The monoisotopic (exact) mass is 288 g/mol. The molecule has 1 fully saturated rings. The maximum Gasteiger partial charge on any atom is 0.271 e. The van der Waals surface area contributed by atoms with Gasteiger partial charge in [0.15, 0.2) is 5.69 Å². The third-order valence-corrected chi connectivity index (χ3v) is 3.50. The van der Waals surface area contributed by atoms with Gasteiger partial charge in [-0.2, -0.15) is 5.10 Å². The second-order valence-corrected chi connectivity index (χ2v) is 5.15. The average molecular weight is 288 g/mol. The zero-order valence-corrected chi connectivity index (χ0v) is 11.8. The SMILES string of the molecule is CNC(=O)c1ccn(-c2ccc(F)cc2CNC2CC2)n1. The lowest BCUT2D eigenvalue weighted by molar-refractivity contribution is 0.0957. The van der Waals surface area contributed by atoms with Gasteiger partial charge in [-0.15, -0.1) is 0 Å². The highest BCUT2D eigenvalue weighted by atomic mass is 19.1. The predicted molar refractivity (Wildman–Crippen MR) is 76.8 cm³/mol. The van der Waals surface area contributed by atoms with E-state index in [1.165, 1.54) is 25.0 Å². The van der Waals surface area contributed by atoms with Crippen LogP contribution in [0.3, 0.4) is 0 Å². The van der Waals surface area contributed by atoms with Crippen LogP contribution in [0.15, 0.2) is 30.5 Å². The first-order valence-electron chi connectivity index (χ1n) is 6.97. The zero-order chi connectivity index (χ0) is 14.8. The molecule has 5 nitrogen and oxygen atoms in total. The van der Waals surface area contributed by atoms with Crippen LogP contribution in [0.5, 0.6) is 0 Å². The molecule has 110 valence electrons. The van der Waals surface area contributed by atoms with Crippen LogP contribution in [0.2, 0.25) is 0 Å². The lowest BCUT2D eigenvalue weighted by atomic mass is 10.1. The molecule has 21 heavy (non-hydrogen) atoms. The van der Waals surface area contributed by atoms with Crippen LogP contribution < -0.4 is 10.6 Å². The van der Waals surface area contributed by atoms with Crippen molar-refractivity contribution in [1.29, 1.82) is 0 Å². The predicted octanol–water partition coefficient (Wildman–Crippen LogP) is 1.62. The number of hydrogen-bond acceptors (Lipinski definition) is 3. The van der Waals surface area contributed by atoms with Crippen LogP contribution in [0, 0.1) is 5.82 Å². The van der Waals surface area contributed by atoms with Crippen molar-refractivity contribution in [3.8, 4) is 5.69 Å². The number of amides is 1. The number of halogens is 1. The minimum atomic E-state index is -0.273. The maximum atomic E-state index is 13.5. The lowest BCUT2D eigenvalue weighted by Crippen LogP contribution is -2.19. The van der Waals surface area contributed by atoms with Gasteiger partial charge in [0.2, 0.25) is 0 Å². The molecular formula is C15H17FN4O. The molecule has 0 unspecified atom stereocenters. The molecular weight excluding hydrogens is 271 g/mol. The number of nitrogens with one attached hydrogen (secondary N) is 2. The van der Waals surface area contributed by atoms with E-state index in [0.717, 1.165) is 11.3 Å². The second-order valence-electron chi connectivity index (χ2n) is 5.15. The Labute approximate surface area is 122 Å². The standard InChI is InChI=1S/C15H17FN4O/c1-17-15(21)13-6-7-20(19-13)14-5-2-11(16)8-10(14)9-18-12-3-4-12/h2,5-8,12,18H,3-4,9H2,1H3,(H,17,21). The van der Waals surface area contributed by atoms with Crippen molar-refractivity contribution in [1.82, 2.24) is 20.4 Å². The Kier molecular flexibility index (Phi) is 3.70. The van der Waals surface area contributed by atoms with Gasteiger partial charge in [-0.25, -0.2) is 9.07 Å². The zero-order valence-electron chi connectivity index (χ0n) is 11.8. The van der Waals surface area contributed by atoms with E-state index in [1.807, 2.05) is 0 Å². The van der Waals surface area contributed by atoms with Crippen LogP contribution in [0.25, 0.3) is 5.69 Å². The van der Waals surface area contributed by atoms with Crippen molar-refractivity contribution in [2.24, 2.45) is 0 Å². The minimum absolute atomic E-state index is 0.242. The summed E-state index contributed by atoms with van der Waals surface area (Å²) in [4.78, 5) is 11.6. The van der Waals surface area contributed by atoms with Gasteiger partial charge in [0.05, 0.1) is 5.69 Å². The van der Waals surface area contributed by atoms with E-state index in [9.17, 15) is 9.18 Å². The van der Waals surface area contributed by atoms with Gasteiger partial charge in [-0.1, -0.05) is 0 Å². The molecule has 0 radical (unpaired) electrons. The molecule has 1 aliphatic carbocycles. The molecule has 0 saturated heterocycles. The topological polar surface area (TPSA) is 59.0 Å². The molecule has 3 rings (SSSR count). The van der Waals surface area contributed by atoms with Crippen molar-refractivity contribution in [2.45, 2.75) is 25.4 Å². The van der Waals surface area contributed by atoms with Crippen molar-refractivity contribution in [3.05, 3.63) is 47.5 Å². The van der Waals surface area contributed by atoms with Crippen LogP contribution in [0.4, 0.5) is 4.39 Å². The Balaban J connectivity index is 1.88. The number of rotatable bonds is 5. The smallest absolute Gasteiger partial charge is 0.271 e. The van der Waals surface area contributed by atoms with E-state index >= 15 is 0 Å². The molecule has 1 saturated carbocycles. The van der Waals surface area contributed by atoms with Gasteiger partial charge in [-0.3, -0.25) is 4.79 Å². The molecule has 2 aromatic rings. The number of carbonyl (C=O) groups is 1. The highest BCUT2D eigenvalue weighted by Gasteiger charge is 2.21. The number of nitrogens with zero attached hydrogens (tertiary/aromatic N) is 2. The first-order chi connectivity index (χ1) is 10.2. The Morgan fingerprint density at radius 2 is 2.24 bits per heavy atom. The third kappa shape index (κ3) is 3.11. The molecule has 1 aromatic heterocycles. The second kappa shape index (κ2) is 5.65. The number of hydrogen-bond donors (Lipinski definition) is 2. The van der Waals surface area contributed by atoms with Crippen LogP contribution in [-0.4, -0.2) is 28.8 Å². The van der Waals surface area contributed by atoms with Crippen molar-refractivity contribution in [3.63, 3.8) is 0 Å². The molecule has 0 spiro atoms. The number of aromatic nitrogens is 2. The van der Waals surface area contributed by atoms with E-state index in [-0.39, 0.29) is 11.7 Å². The molecule has 6 heteroatoms. The normalized spacial score (nSPS) is 14.2. The summed E-state index contributed by atoms with van der Waals surface area (Å²) < 4.78 is 15.1. The summed E-state index contributed by atoms with van der Waals surface area (Å²) in [6.45, 7) is 0.590. The third-order valence-electron chi connectivity index (χ3n) is 3.50. The summed E-state index contributed by atoms with van der Waals surface area (Å²) in [6.07, 6.45) is 4.05. The summed E-state index contributed by atoms with van der Waals surface area (Å²) in [5.41, 5.74) is 1.94. The summed E-state index contributed by atoms with van der Waals surface area (Å²) in [5.74, 6) is -0.515. The van der Waals surface area contributed by atoms with E-state index in [1.54, 1.807) is 30.1 Å². The van der Waals surface area contributed by atoms with Crippen LogP contribution in [0.1, 0.15) is 28.9 Å². The van der Waals surface area contributed by atoms with Gasteiger partial charge in [0.1, 0.15) is 5.82 Å². The van der Waals surface area contributed by atoms with E-state index in [4.69, 9.17) is 0 Å². The quantitative estimate of drug-likeness (QED) is 0.879. The largest absolute Gasteiger partial charge is 0.354 e. The molecule has 1 heterocycles. The van der Waals surface area contributed by atoms with E-state index < -0.39 is 0 Å². The fraction of sp³-hybridized carbons (Fsp3) is 0.333. The van der Waals surface area contributed by atoms with Crippen LogP contribution >= 0.6 is 0 Å². The Morgan fingerprint density at radius 3 is 2.95 bits per heavy atom. The van der Waals surface area contributed by atoms with E-state index in [2.05, 4.69) is 15.7 Å². The molecule has 0 bridgehead atoms.